The number of nitrogens with one attached hydrogen (secondary N) is 1. The summed E-state index contributed by atoms with van der Waals surface area (Å²) in [5.41, 5.74) is 1.80. The zero-order valence-corrected chi connectivity index (χ0v) is 15.6. The summed E-state index contributed by atoms with van der Waals surface area (Å²) in [4.78, 5) is 23.2. The molecule has 144 valence electrons. The Balaban J connectivity index is 2.20. The summed E-state index contributed by atoms with van der Waals surface area (Å²) in [6.07, 6.45) is 3.76. The molecule has 0 radical (unpaired) electrons. The first-order valence-corrected chi connectivity index (χ1v) is 8.99. The SMILES string of the molecule is CCCCc1ccc(C(=O)NC=C(C#N)C(=O)O)cc1OCc1ccccc1. The Kier molecular flexibility index (Phi) is 7.79. The number of aryl methyl sites for hydroxylation is 1. The molecule has 0 aromatic heterocycles. The van der Waals surface area contributed by atoms with Crippen LogP contribution in [-0.2, 0) is 17.8 Å². The molecule has 28 heavy (non-hydrogen) atoms. The van der Waals surface area contributed by atoms with Crippen molar-refractivity contribution in [2.45, 2.75) is 32.8 Å². The van der Waals surface area contributed by atoms with Crippen LogP contribution >= 0.6 is 0 Å². The van der Waals surface area contributed by atoms with Gasteiger partial charge in [0.25, 0.3) is 5.91 Å². The first-order chi connectivity index (χ1) is 13.5. The van der Waals surface area contributed by atoms with E-state index < -0.39 is 17.4 Å². The van der Waals surface area contributed by atoms with Gasteiger partial charge in [0.15, 0.2) is 5.57 Å². The van der Waals surface area contributed by atoms with Gasteiger partial charge < -0.3 is 15.2 Å². The predicted molar refractivity (Wildman–Crippen MR) is 105 cm³/mol. The lowest BCUT2D eigenvalue weighted by atomic mass is 10.0. The van der Waals surface area contributed by atoms with Crippen LogP contribution in [0.5, 0.6) is 5.75 Å². The van der Waals surface area contributed by atoms with E-state index in [1.807, 2.05) is 36.4 Å². The van der Waals surface area contributed by atoms with Gasteiger partial charge in [-0.3, -0.25) is 4.79 Å². The van der Waals surface area contributed by atoms with Crippen LogP contribution < -0.4 is 10.1 Å². The average molecular weight is 378 g/mol. The number of aliphatic carboxylic acids is 1. The zero-order valence-electron chi connectivity index (χ0n) is 15.6. The molecule has 1 amide bonds. The van der Waals surface area contributed by atoms with Crippen molar-refractivity contribution >= 4 is 11.9 Å². The Morgan fingerprint density at radius 3 is 2.61 bits per heavy atom. The zero-order chi connectivity index (χ0) is 20.4. The summed E-state index contributed by atoms with van der Waals surface area (Å²) in [5, 5.41) is 19.9. The Labute approximate surface area is 164 Å². The summed E-state index contributed by atoms with van der Waals surface area (Å²) in [6, 6.07) is 16.4. The van der Waals surface area contributed by atoms with Crippen LogP contribution in [0.3, 0.4) is 0 Å². The molecule has 0 bridgehead atoms. The molecular weight excluding hydrogens is 356 g/mol. The molecule has 2 aromatic carbocycles. The monoisotopic (exact) mass is 378 g/mol. The molecule has 0 unspecified atom stereocenters. The van der Waals surface area contributed by atoms with E-state index >= 15 is 0 Å². The van der Waals surface area contributed by atoms with Crippen molar-refractivity contribution in [2.75, 3.05) is 0 Å². The number of benzene rings is 2. The highest BCUT2D eigenvalue weighted by atomic mass is 16.5. The highest BCUT2D eigenvalue weighted by Gasteiger charge is 2.12. The van der Waals surface area contributed by atoms with Gasteiger partial charge >= 0.3 is 5.97 Å². The fourth-order valence-corrected chi connectivity index (χ4v) is 2.50. The van der Waals surface area contributed by atoms with E-state index in [1.165, 1.54) is 6.07 Å². The first-order valence-electron chi connectivity index (χ1n) is 8.99. The number of ether oxygens (including phenoxy) is 1. The second-order valence-corrected chi connectivity index (χ2v) is 6.15. The van der Waals surface area contributed by atoms with Gasteiger partial charge in [-0.05, 0) is 36.1 Å². The third-order valence-corrected chi connectivity index (χ3v) is 4.06. The molecule has 0 aliphatic carbocycles. The van der Waals surface area contributed by atoms with Crippen LogP contribution in [0.2, 0.25) is 0 Å². The number of carbonyl (C=O) groups excluding carboxylic acids is 1. The van der Waals surface area contributed by atoms with E-state index in [1.54, 1.807) is 12.1 Å². The van der Waals surface area contributed by atoms with Crippen molar-refractivity contribution < 1.29 is 19.4 Å². The summed E-state index contributed by atoms with van der Waals surface area (Å²) < 4.78 is 5.95. The van der Waals surface area contributed by atoms with E-state index in [-0.39, 0.29) is 0 Å². The molecule has 2 rings (SSSR count). The number of rotatable bonds is 9. The van der Waals surface area contributed by atoms with Crippen LogP contribution in [0.1, 0.15) is 41.3 Å². The Morgan fingerprint density at radius 2 is 1.96 bits per heavy atom. The number of unbranched alkanes of at least 4 members (excludes halogenated alkanes) is 1. The molecule has 2 N–H and O–H groups in total. The van der Waals surface area contributed by atoms with Crippen LogP contribution in [0.25, 0.3) is 0 Å². The number of nitrogens with zero attached hydrogens (tertiary/aromatic N) is 1. The topological polar surface area (TPSA) is 99.4 Å². The number of hydrogen-bond donors (Lipinski definition) is 2. The van der Waals surface area contributed by atoms with E-state index in [9.17, 15) is 9.59 Å². The molecule has 2 aromatic rings. The van der Waals surface area contributed by atoms with Crippen molar-refractivity contribution in [2.24, 2.45) is 0 Å². The third kappa shape index (κ3) is 5.99. The quantitative estimate of drug-likeness (QED) is 0.510. The Bertz CT molecular complexity index is 898. The summed E-state index contributed by atoms with van der Waals surface area (Å²) in [7, 11) is 0. The van der Waals surface area contributed by atoms with E-state index in [0.29, 0.717) is 17.9 Å². The third-order valence-electron chi connectivity index (χ3n) is 4.06. The lowest BCUT2D eigenvalue weighted by Gasteiger charge is -2.13. The predicted octanol–water partition coefficient (Wildman–Crippen LogP) is 3.83. The molecule has 0 saturated carbocycles. The maximum Gasteiger partial charge on any atom is 0.347 e. The fraction of sp³-hybridized carbons (Fsp3) is 0.227. The molecule has 6 heteroatoms. The Morgan fingerprint density at radius 1 is 1.21 bits per heavy atom. The molecular formula is C22H22N2O4. The van der Waals surface area contributed by atoms with Crippen LogP contribution in [-0.4, -0.2) is 17.0 Å². The van der Waals surface area contributed by atoms with Gasteiger partial charge in [0.1, 0.15) is 18.4 Å². The van der Waals surface area contributed by atoms with Gasteiger partial charge in [-0.1, -0.05) is 49.7 Å². The number of carboxylic acid groups (broad SMARTS) is 1. The highest BCUT2D eigenvalue weighted by Crippen LogP contribution is 2.24. The molecule has 0 saturated heterocycles. The highest BCUT2D eigenvalue weighted by molar-refractivity contribution is 5.97. The van der Waals surface area contributed by atoms with E-state index in [4.69, 9.17) is 15.1 Å². The minimum absolute atomic E-state index is 0.322. The number of amides is 1. The molecule has 0 atom stereocenters. The Hall–Kier alpha value is -3.59. The minimum atomic E-state index is -1.40. The van der Waals surface area contributed by atoms with E-state index in [2.05, 4.69) is 12.2 Å². The summed E-state index contributed by atoms with van der Waals surface area (Å²) >= 11 is 0. The average Bonchev–Trinajstić information content (AvgIpc) is 2.71. The van der Waals surface area contributed by atoms with Gasteiger partial charge in [0, 0.05) is 11.8 Å². The maximum atomic E-state index is 12.3. The molecule has 0 aliphatic rings. The molecule has 0 fully saturated rings. The second kappa shape index (κ2) is 10.5. The lowest BCUT2D eigenvalue weighted by Crippen LogP contribution is -2.19. The number of carbonyl (C=O) groups is 2. The second-order valence-electron chi connectivity index (χ2n) is 6.15. The van der Waals surface area contributed by atoms with Gasteiger partial charge in [0.05, 0.1) is 0 Å². The van der Waals surface area contributed by atoms with Crippen molar-refractivity contribution in [3.63, 3.8) is 0 Å². The van der Waals surface area contributed by atoms with Gasteiger partial charge in [-0.25, -0.2) is 4.79 Å². The van der Waals surface area contributed by atoms with Gasteiger partial charge in [0.2, 0.25) is 0 Å². The summed E-state index contributed by atoms with van der Waals surface area (Å²) in [5.74, 6) is -1.29. The number of nitriles is 1. The number of carboxylic acids is 1. The van der Waals surface area contributed by atoms with Crippen LogP contribution in [0.4, 0.5) is 0 Å². The molecule has 0 spiro atoms. The number of hydrogen-bond acceptors (Lipinski definition) is 4. The molecule has 0 aliphatic heterocycles. The minimum Gasteiger partial charge on any atom is -0.489 e. The molecule has 6 nitrogen and oxygen atoms in total. The van der Waals surface area contributed by atoms with Crippen LogP contribution in [0.15, 0.2) is 60.3 Å². The van der Waals surface area contributed by atoms with Crippen molar-refractivity contribution in [1.29, 1.82) is 5.26 Å². The lowest BCUT2D eigenvalue weighted by molar-refractivity contribution is -0.132. The van der Waals surface area contributed by atoms with Crippen molar-refractivity contribution in [1.82, 2.24) is 5.32 Å². The maximum absolute atomic E-state index is 12.3. The van der Waals surface area contributed by atoms with Gasteiger partial charge in [-0.2, -0.15) is 5.26 Å². The summed E-state index contributed by atoms with van der Waals surface area (Å²) in [6.45, 7) is 2.48. The fourth-order valence-electron chi connectivity index (χ4n) is 2.50. The van der Waals surface area contributed by atoms with Crippen LogP contribution in [0, 0.1) is 11.3 Å². The van der Waals surface area contributed by atoms with Crippen molar-refractivity contribution in [3.05, 3.63) is 77.0 Å². The standard InChI is InChI=1S/C22H22N2O4/c1-2-3-9-17-10-11-18(21(25)24-14-19(13-23)22(26)27)12-20(17)28-15-16-7-5-4-6-8-16/h4-8,10-12,14H,2-3,9,15H2,1H3,(H,24,25)(H,26,27). The van der Waals surface area contributed by atoms with E-state index in [0.717, 1.165) is 36.6 Å². The smallest absolute Gasteiger partial charge is 0.347 e. The first kappa shape index (κ1) is 20.7. The van der Waals surface area contributed by atoms with Gasteiger partial charge in [-0.15, -0.1) is 0 Å². The normalized spacial score (nSPS) is 10.8. The molecule has 0 heterocycles. The largest absolute Gasteiger partial charge is 0.489 e. The van der Waals surface area contributed by atoms with Crippen molar-refractivity contribution in [3.8, 4) is 11.8 Å².